The van der Waals surface area contributed by atoms with Crippen LogP contribution in [0.15, 0.2) is 59.4 Å². The summed E-state index contributed by atoms with van der Waals surface area (Å²) >= 11 is 0. The van der Waals surface area contributed by atoms with Gasteiger partial charge in [0.1, 0.15) is 11.5 Å². The molecule has 4 aromatic rings. The summed E-state index contributed by atoms with van der Waals surface area (Å²) in [5, 5.41) is 6.68. The van der Waals surface area contributed by atoms with Crippen LogP contribution in [0, 0.1) is 12.7 Å². The predicted molar refractivity (Wildman–Crippen MR) is 96.8 cm³/mol. The van der Waals surface area contributed by atoms with E-state index >= 15 is 0 Å². The molecule has 0 saturated carbocycles. The van der Waals surface area contributed by atoms with Gasteiger partial charge < -0.3 is 14.2 Å². The number of amides is 1. The summed E-state index contributed by atoms with van der Waals surface area (Å²) in [6.07, 6.45) is 4.26. The summed E-state index contributed by atoms with van der Waals surface area (Å²) in [5.41, 5.74) is 4.20. The minimum atomic E-state index is -0.360. The number of nitrogens with one attached hydrogen (secondary N) is 1. The van der Waals surface area contributed by atoms with Gasteiger partial charge in [-0.3, -0.25) is 4.79 Å². The van der Waals surface area contributed by atoms with E-state index in [0.717, 1.165) is 22.5 Å². The first-order valence-corrected chi connectivity index (χ1v) is 8.49. The fraction of sp³-hybridized carbons (Fsp3) is 0.150. The second-order valence-corrected chi connectivity index (χ2v) is 6.37. The van der Waals surface area contributed by atoms with Crippen molar-refractivity contribution in [3.05, 3.63) is 89.0 Å². The van der Waals surface area contributed by atoms with Gasteiger partial charge in [0.2, 0.25) is 5.76 Å². The number of aryl methyl sites for hydroxylation is 1. The molecule has 0 atom stereocenters. The van der Waals surface area contributed by atoms with E-state index in [1.54, 1.807) is 18.2 Å². The Morgan fingerprint density at radius 1 is 1.19 bits per heavy atom. The number of pyridine rings is 1. The van der Waals surface area contributed by atoms with Crippen LogP contribution in [0.4, 0.5) is 4.39 Å². The second kappa shape index (κ2) is 7.03. The topological polar surface area (TPSA) is 72.4 Å². The zero-order valence-electron chi connectivity index (χ0n) is 14.6. The Morgan fingerprint density at radius 2 is 2.00 bits per heavy atom. The van der Waals surface area contributed by atoms with Crippen molar-refractivity contribution in [3.8, 4) is 0 Å². The minimum Gasteiger partial charge on any atom is -0.351 e. The fourth-order valence-electron chi connectivity index (χ4n) is 2.79. The van der Waals surface area contributed by atoms with Gasteiger partial charge in [0, 0.05) is 24.9 Å². The summed E-state index contributed by atoms with van der Waals surface area (Å²) < 4.78 is 20.0. The van der Waals surface area contributed by atoms with Gasteiger partial charge in [0.05, 0.1) is 17.9 Å². The number of nitrogens with zero attached hydrogens (tertiary/aromatic N) is 3. The van der Waals surface area contributed by atoms with Crippen LogP contribution >= 0.6 is 0 Å². The number of imidazole rings is 1. The van der Waals surface area contributed by atoms with E-state index in [0.29, 0.717) is 12.1 Å². The van der Waals surface area contributed by atoms with E-state index in [4.69, 9.17) is 4.52 Å². The Bertz CT molecular complexity index is 1100. The summed E-state index contributed by atoms with van der Waals surface area (Å²) in [5.74, 6) is -0.520. The predicted octanol–water partition coefficient (Wildman–Crippen LogP) is 3.29. The lowest BCUT2D eigenvalue weighted by Crippen LogP contribution is -2.22. The lowest BCUT2D eigenvalue weighted by molar-refractivity contribution is 0.0913. The third-order valence-corrected chi connectivity index (χ3v) is 4.18. The summed E-state index contributed by atoms with van der Waals surface area (Å²) in [4.78, 5) is 16.7. The number of rotatable bonds is 5. The lowest BCUT2D eigenvalue weighted by atomic mass is 10.1. The molecule has 4 rings (SSSR count). The summed E-state index contributed by atoms with van der Waals surface area (Å²) in [6, 6.07) is 11.7. The Balaban J connectivity index is 1.39. The molecule has 0 fully saturated rings. The van der Waals surface area contributed by atoms with Crippen LogP contribution in [-0.2, 0) is 13.0 Å². The largest absolute Gasteiger partial charge is 0.351 e. The number of carbonyl (C=O) groups excluding carboxylic acids is 1. The number of hydrogen-bond donors (Lipinski definition) is 1. The number of halogens is 1. The van der Waals surface area contributed by atoms with Crippen molar-refractivity contribution in [1.29, 1.82) is 0 Å². The molecule has 7 heteroatoms. The van der Waals surface area contributed by atoms with Gasteiger partial charge >= 0.3 is 0 Å². The van der Waals surface area contributed by atoms with Crippen molar-refractivity contribution in [3.63, 3.8) is 0 Å². The smallest absolute Gasteiger partial charge is 0.290 e. The SMILES string of the molecule is Cc1ccn2cc(CNC(=O)c3cc(Cc4ccc(F)cc4)no3)nc2c1. The number of hydrogen-bond acceptors (Lipinski definition) is 4. The highest BCUT2D eigenvalue weighted by molar-refractivity contribution is 5.91. The zero-order valence-corrected chi connectivity index (χ0v) is 14.6. The summed E-state index contributed by atoms with van der Waals surface area (Å²) in [6.45, 7) is 2.29. The lowest BCUT2D eigenvalue weighted by Gasteiger charge is -1.98. The molecule has 0 unspecified atom stereocenters. The van der Waals surface area contributed by atoms with Gasteiger partial charge in [-0.2, -0.15) is 0 Å². The van der Waals surface area contributed by atoms with Crippen molar-refractivity contribution in [2.45, 2.75) is 19.9 Å². The molecule has 0 bridgehead atoms. The van der Waals surface area contributed by atoms with Gasteiger partial charge in [-0.15, -0.1) is 0 Å². The van der Waals surface area contributed by atoms with Crippen molar-refractivity contribution in [2.75, 3.05) is 0 Å². The molecule has 1 N–H and O–H groups in total. The maximum absolute atomic E-state index is 13.0. The molecule has 0 radical (unpaired) electrons. The van der Waals surface area contributed by atoms with Crippen molar-refractivity contribution < 1.29 is 13.7 Å². The molecule has 0 aliphatic heterocycles. The normalized spacial score (nSPS) is 11.0. The molecule has 1 aromatic carbocycles. The van der Waals surface area contributed by atoms with Gasteiger partial charge in [0.15, 0.2) is 0 Å². The monoisotopic (exact) mass is 364 g/mol. The zero-order chi connectivity index (χ0) is 18.8. The van der Waals surface area contributed by atoms with E-state index in [1.807, 2.05) is 35.9 Å². The third-order valence-electron chi connectivity index (χ3n) is 4.18. The minimum absolute atomic E-state index is 0.131. The Morgan fingerprint density at radius 3 is 2.81 bits per heavy atom. The number of carbonyl (C=O) groups is 1. The van der Waals surface area contributed by atoms with Crippen LogP contribution in [0.2, 0.25) is 0 Å². The van der Waals surface area contributed by atoms with Crippen molar-refractivity contribution >= 4 is 11.6 Å². The van der Waals surface area contributed by atoms with Crippen LogP contribution in [0.25, 0.3) is 5.65 Å². The fourth-order valence-corrected chi connectivity index (χ4v) is 2.79. The average Bonchev–Trinajstić information content (AvgIpc) is 3.28. The molecule has 27 heavy (non-hydrogen) atoms. The standard InChI is InChI=1S/C20H17FN4O2/c1-13-6-7-25-12-17(23-19(25)8-13)11-22-20(26)18-10-16(24-27-18)9-14-2-4-15(21)5-3-14/h2-8,10,12H,9,11H2,1H3,(H,22,26). The first kappa shape index (κ1) is 17.0. The molecular weight excluding hydrogens is 347 g/mol. The van der Waals surface area contributed by atoms with Crippen LogP contribution < -0.4 is 5.32 Å². The molecule has 3 heterocycles. The van der Waals surface area contributed by atoms with E-state index in [-0.39, 0.29) is 24.0 Å². The van der Waals surface area contributed by atoms with Crippen LogP contribution in [0.5, 0.6) is 0 Å². The Kier molecular flexibility index (Phi) is 4.42. The Hall–Kier alpha value is -3.48. The van der Waals surface area contributed by atoms with Crippen molar-refractivity contribution in [1.82, 2.24) is 19.9 Å². The van der Waals surface area contributed by atoms with Gasteiger partial charge in [-0.1, -0.05) is 17.3 Å². The summed E-state index contributed by atoms with van der Waals surface area (Å²) in [7, 11) is 0. The maximum atomic E-state index is 13.0. The van der Waals surface area contributed by atoms with Crippen LogP contribution in [-0.4, -0.2) is 20.4 Å². The van der Waals surface area contributed by atoms with E-state index < -0.39 is 0 Å². The van der Waals surface area contributed by atoms with E-state index in [2.05, 4.69) is 15.5 Å². The highest BCUT2D eigenvalue weighted by Crippen LogP contribution is 2.12. The van der Waals surface area contributed by atoms with E-state index in [1.165, 1.54) is 12.1 Å². The number of benzene rings is 1. The van der Waals surface area contributed by atoms with Crippen molar-refractivity contribution in [2.24, 2.45) is 0 Å². The molecule has 1 amide bonds. The van der Waals surface area contributed by atoms with Crippen LogP contribution in [0.3, 0.4) is 0 Å². The molecular formula is C20H17FN4O2. The average molecular weight is 364 g/mol. The molecule has 3 aromatic heterocycles. The van der Waals surface area contributed by atoms with Gasteiger partial charge in [0.25, 0.3) is 5.91 Å². The molecule has 0 spiro atoms. The molecule has 0 aliphatic rings. The van der Waals surface area contributed by atoms with Gasteiger partial charge in [-0.25, -0.2) is 9.37 Å². The third kappa shape index (κ3) is 3.87. The highest BCUT2D eigenvalue weighted by atomic mass is 19.1. The highest BCUT2D eigenvalue weighted by Gasteiger charge is 2.14. The first-order chi connectivity index (χ1) is 13.1. The van der Waals surface area contributed by atoms with Gasteiger partial charge in [-0.05, 0) is 42.3 Å². The molecule has 136 valence electrons. The second-order valence-electron chi connectivity index (χ2n) is 6.37. The quantitative estimate of drug-likeness (QED) is 0.590. The maximum Gasteiger partial charge on any atom is 0.290 e. The molecule has 0 aliphatic carbocycles. The van der Waals surface area contributed by atoms with Crippen LogP contribution in [0.1, 0.15) is 33.1 Å². The Labute approximate surface area is 154 Å². The number of aromatic nitrogens is 3. The number of fused-ring (bicyclic) bond motifs is 1. The molecule has 0 saturated heterocycles. The first-order valence-electron chi connectivity index (χ1n) is 8.49. The van der Waals surface area contributed by atoms with E-state index in [9.17, 15) is 9.18 Å². The molecule has 6 nitrogen and oxygen atoms in total.